The van der Waals surface area contributed by atoms with Gasteiger partial charge in [-0.05, 0) is 25.2 Å². The highest BCUT2D eigenvalue weighted by atomic mass is 32.0. The van der Waals surface area contributed by atoms with Gasteiger partial charge in [0.2, 0.25) is 0 Å². The van der Waals surface area contributed by atoms with E-state index in [2.05, 4.69) is 13.8 Å². The Morgan fingerprint density at radius 1 is 0.800 bits per heavy atom. The molecule has 0 saturated heterocycles. The quantitative estimate of drug-likeness (QED) is 0.410. The molecule has 0 heterocycles. The summed E-state index contributed by atoms with van der Waals surface area (Å²) in [5, 5.41) is 0. The van der Waals surface area contributed by atoms with Crippen molar-refractivity contribution in [2.75, 3.05) is 12.3 Å². The number of hydrogen-bond acceptors (Lipinski definition) is 0. The van der Waals surface area contributed by atoms with E-state index in [1.54, 1.807) is 0 Å². The standard InChI is InChI=1S/C8H20P2/c1-3-5-7-9-10-8-6-4-2/h9-10H,3-8H2,1-2H3. The highest BCUT2D eigenvalue weighted by Gasteiger charge is 1.86. The fraction of sp³-hybridized carbons (Fsp3) is 1.00. The molecule has 0 aliphatic rings. The van der Waals surface area contributed by atoms with E-state index in [9.17, 15) is 0 Å². The Labute approximate surface area is 69.0 Å². The van der Waals surface area contributed by atoms with E-state index in [0.717, 1.165) is 0 Å². The number of hydrogen-bond donors (Lipinski definition) is 0. The van der Waals surface area contributed by atoms with Crippen molar-refractivity contribution in [1.29, 1.82) is 0 Å². The summed E-state index contributed by atoms with van der Waals surface area (Å²) in [5.74, 6) is 0. The molecular weight excluding hydrogens is 158 g/mol. The monoisotopic (exact) mass is 178 g/mol. The Balaban J connectivity index is 2.65. The molecule has 0 amide bonds. The van der Waals surface area contributed by atoms with Gasteiger partial charge >= 0.3 is 0 Å². The third-order valence-electron chi connectivity index (χ3n) is 1.44. The van der Waals surface area contributed by atoms with E-state index in [0.29, 0.717) is 0 Å². The van der Waals surface area contributed by atoms with Gasteiger partial charge in [0.25, 0.3) is 0 Å². The van der Waals surface area contributed by atoms with Crippen LogP contribution in [0.5, 0.6) is 0 Å². The second-order valence-electron chi connectivity index (χ2n) is 2.56. The third-order valence-corrected chi connectivity index (χ3v) is 5.14. The molecule has 10 heavy (non-hydrogen) atoms. The molecule has 2 heteroatoms. The van der Waals surface area contributed by atoms with Crippen molar-refractivity contribution in [1.82, 2.24) is 0 Å². The lowest BCUT2D eigenvalue weighted by molar-refractivity contribution is 0.892. The zero-order valence-corrected chi connectivity index (χ0v) is 9.24. The van der Waals surface area contributed by atoms with Gasteiger partial charge in [0.1, 0.15) is 0 Å². The minimum absolute atomic E-state index is 1.28. The number of unbranched alkanes of at least 4 members (excludes halogenated alkanes) is 2. The molecule has 62 valence electrons. The summed E-state index contributed by atoms with van der Waals surface area (Å²) in [6.45, 7) is 4.55. The van der Waals surface area contributed by atoms with Gasteiger partial charge in [-0.1, -0.05) is 43.2 Å². The second kappa shape index (κ2) is 9.86. The van der Waals surface area contributed by atoms with Crippen LogP contribution in [-0.4, -0.2) is 12.3 Å². The first-order valence-electron chi connectivity index (χ1n) is 4.37. The lowest BCUT2D eigenvalue weighted by Crippen LogP contribution is -1.72. The minimum atomic E-state index is 1.28. The molecule has 0 aromatic heterocycles. The Morgan fingerprint density at radius 3 is 1.50 bits per heavy atom. The minimum Gasteiger partial charge on any atom is -0.0992 e. The Hall–Kier alpha value is 0.860. The summed E-state index contributed by atoms with van der Waals surface area (Å²) < 4.78 is 0. The zero-order chi connectivity index (χ0) is 7.66. The van der Waals surface area contributed by atoms with Gasteiger partial charge in [0.15, 0.2) is 0 Å². The third kappa shape index (κ3) is 8.86. The maximum atomic E-state index is 2.28. The van der Waals surface area contributed by atoms with Crippen LogP contribution in [0.25, 0.3) is 0 Å². The summed E-state index contributed by atoms with van der Waals surface area (Å²) in [5.41, 5.74) is 0. The van der Waals surface area contributed by atoms with Gasteiger partial charge in [-0.2, -0.15) is 0 Å². The van der Waals surface area contributed by atoms with Crippen LogP contribution in [-0.2, 0) is 0 Å². The molecule has 0 aromatic carbocycles. The topological polar surface area (TPSA) is 0 Å². The van der Waals surface area contributed by atoms with Crippen molar-refractivity contribution in [3.63, 3.8) is 0 Å². The van der Waals surface area contributed by atoms with Crippen molar-refractivity contribution < 1.29 is 0 Å². The van der Waals surface area contributed by atoms with E-state index in [-0.39, 0.29) is 0 Å². The SMILES string of the molecule is CCCCPPCCCC. The van der Waals surface area contributed by atoms with E-state index >= 15 is 0 Å². The Morgan fingerprint density at radius 2 is 1.20 bits per heavy atom. The van der Waals surface area contributed by atoms with Crippen LogP contribution in [0.4, 0.5) is 0 Å². The van der Waals surface area contributed by atoms with E-state index in [1.165, 1.54) is 54.5 Å². The van der Waals surface area contributed by atoms with Crippen LogP contribution < -0.4 is 0 Å². The molecule has 0 saturated carbocycles. The molecule has 2 unspecified atom stereocenters. The van der Waals surface area contributed by atoms with Crippen molar-refractivity contribution in [2.45, 2.75) is 39.5 Å². The van der Waals surface area contributed by atoms with Crippen LogP contribution in [0.1, 0.15) is 39.5 Å². The average molecular weight is 178 g/mol. The predicted molar refractivity (Wildman–Crippen MR) is 56.2 cm³/mol. The van der Waals surface area contributed by atoms with Crippen molar-refractivity contribution in [2.24, 2.45) is 0 Å². The van der Waals surface area contributed by atoms with E-state index < -0.39 is 0 Å². The van der Waals surface area contributed by atoms with Crippen LogP contribution in [0.15, 0.2) is 0 Å². The highest BCUT2D eigenvalue weighted by Crippen LogP contribution is 2.37. The van der Waals surface area contributed by atoms with Gasteiger partial charge in [0.05, 0.1) is 0 Å². The van der Waals surface area contributed by atoms with E-state index in [4.69, 9.17) is 0 Å². The van der Waals surface area contributed by atoms with Crippen molar-refractivity contribution in [3.8, 4) is 0 Å². The maximum Gasteiger partial charge on any atom is -0.0317 e. The fourth-order valence-electron chi connectivity index (χ4n) is 0.707. The van der Waals surface area contributed by atoms with Gasteiger partial charge < -0.3 is 0 Å². The van der Waals surface area contributed by atoms with Crippen molar-refractivity contribution in [3.05, 3.63) is 0 Å². The van der Waals surface area contributed by atoms with Crippen LogP contribution in [0.2, 0.25) is 0 Å². The number of rotatable bonds is 7. The van der Waals surface area contributed by atoms with Gasteiger partial charge in [-0.15, -0.1) is 0 Å². The average Bonchev–Trinajstić information content (AvgIpc) is 1.97. The first kappa shape index (κ1) is 10.9. The van der Waals surface area contributed by atoms with Crippen LogP contribution in [0.3, 0.4) is 0 Å². The van der Waals surface area contributed by atoms with Crippen LogP contribution in [0, 0.1) is 0 Å². The molecule has 0 N–H and O–H groups in total. The summed E-state index contributed by atoms with van der Waals surface area (Å²) in [6, 6.07) is 0. The predicted octanol–water partition coefficient (Wildman–Crippen LogP) is 3.86. The molecule has 0 aliphatic carbocycles. The molecule has 0 aromatic rings. The first-order valence-corrected chi connectivity index (χ1v) is 7.79. The van der Waals surface area contributed by atoms with Gasteiger partial charge in [0, 0.05) is 0 Å². The van der Waals surface area contributed by atoms with Crippen LogP contribution >= 0.6 is 16.5 Å². The molecule has 0 aliphatic heterocycles. The summed E-state index contributed by atoms with van der Waals surface area (Å²) in [6.07, 6.45) is 8.67. The summed E-state index contributed by atoms with van der Waals surface area (Å²) >= 11 is 0. The lowest BCUT2D eigenvalue weighted by atomic mass is 10.4. The molecule has 0 spiro atoms. The Kier molecular flexibility index (Phi) is 10.7. The largest absolute Gasteiger partial charge is 0.0992 e. The lowest BCUT2D eigenvalue weighted by Gasteiger charge is -1.98. The Bertz CT molecular complexity index is 47.2. The molecule has 0 bridgehead atoms. The highest BCUT2D eigenvalue weighted by molar-refractivity contribution is 8.11. The molecule has 0 rings (SSSR count). The fourth-order valence-corrected chi connectivity index (χ4v) is 4.24. The van der Waals surface area contributed by atoms with Crippen molar-refractivity contribution >= 4 is 16.5 Å². The van der Waals surface area contributed by atoms with Gasteiger partial charge in [-0.25, -0.2) is 0 Å². The second-order valence-corrected chi connectivity index (χ2v) is 6.39. The summed E-state index contributed by atoms with van der Waals surface area (Å²) in [7, 11) is 2.55. The molecular formula is C8H20P2. The normalized spacial score (nSPS) is 12.6. The molecule has 2 atom stereocenters. The molecule has 0 fully saturated rings. The zero-order valence-electron chi connectivity index (χ0n) is 7.24. The smallest absolute Gasteiger partial charge is 0.0317 e. The first-order chi connectivity index (χ1) is 4.91. The summed E-state index contributed by atoms with van der Waals surface area (Å²) in [4.78, 5) is 0. The molecule has 0 radical (unpaired) electrons. The van der Waals surface area contributed by atoms with Gasteiger partial charge in [-0.3, -0.25) is 0 Å². The van der Waals surface area contributed by atoms with E-state index in [1.807, 2.05) is 0 Å². The molecule has 0 nitrogen and oxygen atoms in total. The maximum absolute atomic E-state index is 2.28.